The summed E-state index contributed by atoms with van der Waals surface area (Å²) in [5, 5.41) is 0. The molecule has 0 spiro atoms. The molecule has 0 rings (SSSR count). The highest BCUT2D eigenvalue weighted by Gasteiger charge is 0.874. The van der Waals surface area contributed by atoms with Crippen LogP contribution in [0.4, 0.5) is 0 Å². The minimum atomic E-state index is 0. The maximum Gasteiger partial charge on any atom is 0.0634 e. The van der Waals surface area contributed by atoms with Crippen molar-refractivity contribution in [3.05, 3.63) is 0 Å². The topological polar surface area (TPSA) is 64.1 Å². The second-order valence-electron chi connectivity index (χ2n) is 0. The Bertz CT molecular complexity index is 7.61. The van der Waals surface area contributed by atoms with Crippen molar-refractivity contribution in [1.82, 2.24) is 6.15 Å². The van der Waals surface area contributed by atoms with Gasteiger partial charge in [-0.05, 0) is 0 Å². The first kappa shape index (κ1) is 32.6. The highest BCUT2D eigenvalue weighted by atomic mass is 127. The average Bonchev–Trinajstić information content (AvgIpc) is 1.00. The number of hydrogen-bond donors (Lipinski definition) is 2. The molecule has 0 aliphatic heterocycles. The lowest BCUT2D eigenvalue weighted by Crippen LogP contribution is -3.00. The molecule has 0 aromatic rings. The molecule has 2 nitrogen and oxygen atoms in total. The third-order valence-electron chi connectivity index (χ3n) is 0. The van der Waals surface area contributed by atoms with E-state index in [9.17, 15) is 0 Å². The standard InChI is InChI=1S/CH5N.2HI.H3N/c1-2;;;/h2H2,1H3;2*1H;1H3. The predicted molar refractivity (Wildman–Crippen MR) is 14.8 cm³/mol. The van der Waals surface area contributed by atoms with Crippen LogP contribution in [0.25, 0.3) is 0 Å². The normalized spacial score (nSPS) is 1.20. The maximum atomic E-state index is 3.25. The summed E-state index contributed by atoms with van der Waals surface area (Å²) in [7, 11) is 1.75. The van der Waals surface area contributed by atoms with Crippen LogP contribution in [-0.2, 0) is 0 Å². The summed E-state index contributed by atoms with van der Waals surface area (Å²) in [6, 6.07) is 0. The molecule has 38 valence electrons. The van der Waals surface area contributed by atoms with Gasteiger partial charge in [-0.25, -0.2) is 0 Å². The van der Waals surface area contributed by atoms with E-state index in [0.29, 0.717) is 0 Å². The Labute approximate surface area is 66.5 Å². The van der Waals surface area contributed by atoms with Crippen LogP contribution in [0, 0.1) is 0 Å². The van der Waals surface area contributed by atoms with Gasteiger partial charge in [-0.2, -0.15) is 0 Å². The molecule has 0 atom stereocenters. The lowest BCUT2D eigenvalue weighted by Gasteiger charge is -1.17. The van der Waals surface area contributed by atoms with Gasteiger partial charge in [0.2, 0.25) is 0 Å². The van der Waals surface area contributed by atoms with Crippen LogP contribution < -0.4 is 59.8 Å². The van der Waals surface area contributed by atoms with E-state index in [-0.39, 0.29) is 54.1 Å². The average molecular weight is 304 g/mol. The predicted octanol–water partition coefficient (Wildman–Crippen LogP) is -6.76. The summed E-state index contributed by atoms with van der Waals surface area (Å²) in [5.74, 6) is 0. The fraction of sp³-hybridized carbons (Fsp3) is 1.00. The van der Waals surface area contributed by atoms with Crippen LogP contribution in [-0.4, -0.2) is 7.05 Å². The van der Waals surface area contributed by atoms with E-state index in [1.54, 1.807) is 7.05 Å². The van der Waals surface area contributed by atoms with Gasteiger partial charge in [-0.1, -0.05) is 0 Å². The van der Waals surface area contributed by atoms with E-state index in [1.807, 2.05) is 0 Å². The summed E-state index contributed by atoms with van der Waals surface area (Å²) in [6.45, 7) is 0. The molecule has 0 saturated carbocycles. The largest absolute Gasteiger partial charge is 1.00 e. The molecule has 0 unspecified atom stereocenters. The molecule has 0 amide bonds. The molecule has 0 aliphatic rings. The molecular weight excluding hydrogens is 294 g/mol. The third kappa shape index (κ3) is 32.3. The molecule has 7 N–H and O–H groups in total. The van der Waals surface area contributed by atoms with Crippen LogP contribution in [0.15, 0.2) is 0 Å². The van der Waals surface area contributed by atoms with Crippen molar-refractivity contribution in [3.8, 4) is 0 Å². The lowest BCUT2D eigenvalue weighted by molar-refractivity contribution is -0.325. The minimum Gasteiger partial charge on any atom is -1.00 e. The Morgan fingerprint density at radius 3 is 1.00 bits per heavy atom. The molecule has 0 heterocycles. The summed E-state index contributed by atoms with van der Waals surface area (Å²) in [6.07, 6.45) is 0. The van der Waals surface area contributed by atoms with Crippen molar-refractivity contribution < 1.29 is 53.7 Å². The van der Waals surface area contributed by atoms with Gasteiger partial charge in [0.25, 0.3) is 0 Å². The molecular formula is CH10I2N2. The van der Waals surface area contributed by atoms with Crippen molar-refractivity contribution in [3.63, 3.8) is 0 Å². The van der Waals surface area contributed by atoms with E-state index < -0.39 is 0 Å². The summed E-state index contributed by atoms with van der Waals surface area (Å²) in [4.78, 5) is 0. The number of rotatable bonds is 0. The maximum absolute atomic E-state index is 3.25. The first-order chi connectivity index (χ1) is 1.00. The molecule has 0 bridgehead atoms. The van der Waals surface area contributed by atoms with Gasteiger partial charge in [0.15, 0.2) is 0 Å². The summed E-state index contributed by atoms with van der Waals surface area (Å²) in [5.41, 5.74) is 3.25. The van der Waals surface area contributed by atoms with Crippen LogP contribution in [0.1, 0.15) is 0 Å². The first-order valence-electron chi connectivity index (χ1n) is 0.707. The molecule has 0 aliphatic carbocycles. The summed E-state index contributed by atoms with van der Waals surface area (Å²) >= 11 is 0. The van der Waals surface area contributed by atoms with Crippen LogP contribution >= 0.6 is 0 Å². The number of hydrogen-bond acceptors (Lipinski definition) is 0. The fourth-order valence-electron chi connectivity index (χ4n) is 0. The van der Waals surface area contributed by atoms with Crippen molar-refractivity contribution in [2.75, 3.05) is 7.05 Å². The van der Waals surface area contributed by atoms with Gasteiger partial charge in [-0.15, -0.1) is 0 Å². The van der Waals surface area contributed by atoms with Crippen LogP contribution in [0.5, 0.6) is 0 Å². The van der Waals surface area contributed by atoms with Gasteiger partial charge >= 0.3 is 0 Å². The zero-order valence-corrected chi connectivity index (χ0v) is 7.78. The van der Waals surface area contributed by atoms with E-state index in [1.165, 1.54) is 0 Å². The highest BCUT2D eigenvalue weighted by Crippen LogP contribution is 0.251. The van der Waals surface area contributed by atoms with Crippen molar-refractivity contribution in [2.24, 2.45) is 0 Å². The molecule has 0 aromatic heterocycles. The SMILES string of the molecule is C[NH3+].[I-].[I-].[NH4+]. The Morgan fingerprint density at radius 1 is 1.00 bits per heavy atom. The van der Waals surface area contributed by atoms with Gasteiger partial charge in [0.1, 0.15) is 0 Å². The highest BCUT2D eigenvalue weighted by molar-refractivity contribution is 3.08. The van der Waals surface area contributed by atoms with Gasteiger partial charge < -0.3 is 59.8 Å². The Hall–Kier alpha value is 1.38. The number of halogens is 2. The van der Waals surface area contributed by atoms with Gasteiger partial charge in [0, 0.05) is 0 Å². The first-order valence-corrected chi connectivity index (χ1v) is 0.707. The van der Waals surface area contributed by atoms with Gasteiger partial charge in [-0.3, -0.25) is 0 Å². The zero-order chi connectivity index (χ0) is 2.00. The molecule has 4 heteroatoms. The third-order valence-corrected chi connectivity index (χ3v) is 0. The monoisotopic (exact) mass is 304 g/mol. The summed E-state index contributed by atoms with van der Waals surface area (Å²) < 4.78 is 0. The second-order valence-corrected chi connectivity index (χ2v) is 0. The van der Waals surface area contributed by atoms with Crippen LogP contribution in [0.3, 0.4) is 0 Å². The Balaban J connectivity index is -0.00000000167. The molecule has 5 heavy (non-hydrogen) atoms. The van der Waals surface area contributed by atoms with Crippen molar-refractivity contribution >= 4 is 0 Å². The molecule has 0 saturated heterocycles. The van der Waals surface area contributed by atoms with E-state index in [4.69, 9.17) is 0 Å². The van der Waals surface area contributed by atoms with E-state index in [0.717, 1.165) is 0 Å². The molecule has 0 fully saturated rings. The molecule has 0 aromatic carbocycles. The number of quaternary nitrogens is 2. The van der Waals surface area contributed by atoms with E-state index >= 15 is 0 Å². The van der Waals surface area contributed by atoms with Crippen molar-refractivity contribution in [1.29, 1.82) is 0 Å². The zero-order valence-electron chi connectivity index (χ0n) is 3.46. The Kier molecular flexibility index (Phi) is 353. The smallest absolute Gasteiger partial charge is 0.0634 e. The van der Waals surface area contributed by atoms with Gasteiger partial charge in [0.05, 0.1) is 7.05 Å². The Morgan fingerprint density at radius 2 is 1.00 bits per heavy atom. The van der Waals surface area contributed by atoms with Crippen molar-refractivity contribution in [2.45, 2.75) is 0 Å². The molecule has 0 radical (unpaired) electrons. The second kappa shape index (κ2) is 54.2. The van der Waals surface area contributed by atoms with Crippen LogP contribution in [0.2, 0.25) is 0 Å². The quantitative estimate of drug-likeness (QED) is 0.418. The lowest BCUT2D eigenvalue weighted by atomic mass is 11.6. The van der Waals surface area contributed by atoms with E-state index in [2.05, 4.69) is 5.73 Å². The minimum absolute atomic E-state index is 0. The fourth-order valence-corrected chi connectivity index (χ4v) is 0.